The number of hydrogen-bond acceptors (Lipinski definition) is 2. The second-order valence-corrected chi connectivity index (χ2v) is 3.72. The molecule has 2 rings (SSSR count). The van der Waals surface area contributed by atoms with Crippen LogP contribution >= 0.6 is 0 Å². The number of hydrogen-bond donors (Lipinski definition) is 1. The van der Waals surface area contributed by atoms with Crippen molar-refractivity contribution in [2.24, 2.45) is 0 Å². The van der Waals surface area contributed by atoms with Crippen molar-refractivity contribution in [3.8, 4) is 0 Å². The van der Waals surface area contributed by atoms with Gasteiger partial charge >= 0.3 is 5.97 Å². The highest BCUT2D eigenvalue weighted by atomic mass is 16.4. The van der Waals surface area contributed by atoms with E-state index in [2.05, 4.69) is 5.10 Å². The monoisotopic (exact) mass is 246 g/mol. The molecular weight excluding hydrogens is 228 g/mol. The molecule has 0 amide bonds. The van der Waals surface area contributed by atoms with Crippen LogP contribution in [-0.2, 0) is 6.54 Å². The highest BCUT2D eigenvalue weighted by molar-refractivity contribution is 5.87. The van der Waals surface area contributed by atoms with E-state index in [1.165, 1.54) is 0 Å². The fraction of sp³-hybridized carbons (Fsp3) is 0.286. The van der Waals surface area contributed by atoms with E-state index < -0.39 is 5.97 Å². The Morgan fingerprint density at radius 2 is 1.89 bits per heavy atom. The molecule has 0 saturated heterocycles. The zero-order valence-electron chi connectivity index (χ0n) is 10.9. The molecule has 1 aromatic heterocycles. The summed E-state index contributed by atoms with van der Waals surface area (Å²) in [7, 11) is 0. The Hall–Kier alpha value is -2.10. The lowest BCUT2D eigenvalue weighted by Crippen LogP contribution is -2.01. The van der Waals surface area contributed by atoms with E-state index in [1.54, 1.807) is 30.5 Å². The fourth-order valence-electron chi connectivity index (χ4n) is 1.49. The van der Waals surface area contributed by atoms with Crippen LogP contribution in [0.25, 0.3) is 0 Å². The van der Waals surface area contributed by atoms with Crippen LogP contribution in [0, 0.1) is 6.92 Å². The van der Waals surface area contributed by atoms with Crippen LogP contribution in [0.3, 0.4) is 0 Å². The molecule has 0 saturated carbocycles. The molecule has 1 heterocycles. The van der Waals surface area contributed by atoms with E-state index in [-0.39, 0.29) is 0 Å². The minimum absolute atomic E-state index is 0.306. The van der Waals surface area contributed by atoms with E-state index in [4.69, 9.17) is 5.11 Å². The van der Waals surface area contributed by atoms with Crippen LogP contribution in [0.5, 0.6) is 0 Å². The average Bonchev–Trinajstić information content (AvgIpc) is 2.78. The lowest BCUT2D eigenvalue weighted by molar-refractivity contribution is 0.0697. The van der Waals surface area contributed by atoms with E-state index in [9.17, 15) is 4.79 Å². The van der Waals surface area contributed by atoms with Gasteiger partial charge in [-0.05, 0) is 30.2 Å². The van der Waals surface area contributed by atoms with Gasteiger partial charge in [-0.25, -0.2) is 4.79 Å². The smallest absolute Gasteiger partial charge is 0.335 e. The summed E-state index contributed by atoms with van der Waals surface area (Å²) in [6, 6.07) is 6.82. The van der Waals surface area contributed by atoms with Gasteiger partial charge in [-0.15, -0.1) is 0 Å². The minimum Gasteiger partial charge on any atom is -0.478 e. The number of carboxylic acids is 1. The molecule has 0 spiro atoms. The molecule has 0 aliphatic rings. The maximum absolute atomic E-state index is 10.7. The Balaban J connectivity index is 0.000000771. The summed E-state index contributed by atoms with van der Waals surface area (Å²) in [5.74, 6) is -0.901. The van der Waals surface area contributed by atoms with Gasteiger partial charge in [0.05, 0.1) is 18.3 Å². The van der Waals surface area contributed by atoms with Crippen molar-refractivity contribution < 1.29 is 9.90 Å². The van der Waals surface area contributed by atoms with Crippen LogP contribution in [0.2, 0.25) is 0 Å². The first-order chi connectivity index (χ1) is 8.65. The van der Waals surface area contributed by atoms with Gasteiger partial charge in [0.1, 0.15) is 0 Å². The molecule has 0 bridgehead atoms. The van der Waals surface area contributed by atoms with Crippen molar-refractivity contribution in [2.75, 3.05) is 0 Å². The molecule has 2 aromatic rings. The van der Waals surface area contributed by atoms with E-state index >= 15 is 0 Å². The third-order valence-electron chi connectivity index (χ3n) is 2.31. The summed E-state index contributed by atoms with van der Waals surface area (Å²) >= 11 is 0. The predicted octanol–water partition coefficient (Wildman–Crippen LogP) is 2.96. The predicted molar refractivity (Wildman–Crippen MR) is 70.8 cm³/mol. The van der Waals surface area contributed by atoms with Crippen molar-refractivity contribution in [3.63, 3.8) is 0 Å². The van der Waals surface area contributed by atoms with E-state index in [0.717, 1.165) is 11.1 Å². The average molecular weight is 246 g/mol. The summed E-state index contributed by atoms with van der Waals surface area (Å²) in [6.07, 6.45) is 3.75. The van der Waals surface area contributed by atoms with Gasteiger partial charge in [0.15, 0.2) is 0 Å². The van der Waals surface area contributed by atoms with Crippen molar-refractivity contribution >= 4 is 5.97 Å². The topological polar surface area (TPSA) is 55.1 Å². The van der Waals surface area contributed by atoms with Gasteiger partial charge in [-0.1, -0.05) is 26.0 Å². The lowest BCUT2D eigenvalue weighted by atomic mass is 10.1. The van der Waals surface area contributed by atoms with Crippen LogP contribution in [0.15, 0.2) is 36.7 Å². The Morgan fingerprint density at radius 3 is 2.33 bits per heavy atom. The SMILES string of the molecule is CC.Cc1cnn(Cc2ccc(C(=O)O)cc2)c1. The molecular formula is C14H18N2O2. The van der Waals surface area contributed by atoms with Gasteiger partial charge in [0, 0.05) is 6.20 Å². The van der Waals surface area contributed by atoms with Crippen molar-refractivity contribution in [1.29, 1.82) is 0 Å². The van der Waals surface area contributed by atoms with Crippen molar-refractivity contribution in [3.05, 3.63) is 53.3 Å². The molecule has 0 aliphatic heterocycles. The molecule has 1 N–H and O–H groups in total. The number of aromatic carboxylic acids is 1. The summed E-state index contributed by atoms with van der Waals surface area (Å²) in [5.41, 5.74) is 2.45. The Bertz CT molecular complexity index is 501. The van der Waals surface area contributed by atoms with Gasteiger partial charge in [-0.2, -0.15) is 5.10 Å². The number of aromatic nitrogens is 2. The lowest BCUT2D eigenvalue weighted by Gasteiger charge is -2.02. The molecule has 0 unspecified atom stereocenters. The second kappa shape index (κ2) is 6.59. The molecule has 4 heteroatoms. The molecule has 4 nitrogen and oxygen atoms in total. The molecule has 0 fully saturated rings. The summed E-state index contributed by atoms with van der Waals surface area (Å²) in [5, 5.41) is 12.9. The number of carboxylic acid groups (broad SMARTS) is 1. The standard InChI is InChI=1S/C12H12N2O2.C2H6/c1-9-6-13-14(7-9)8-10-2-4-11(5-3-10)12(15)16;1-2/h2-7H,8H2,1H3,(H,15,16);1-2H3. The molecule has 0 atom stereocenters. The molecule has 96 valence electrons. The van der Waals surface area contributed by atoms with E-state index in [0.29, 0.717) is 12.1 Å². The number of nitrogens with zero attached hydrogens (tertiary/aromatic N) is 2. The van der Waals surface area contributed by atoms with Crippen LogP contribution in [0.4, 0.5) is 0 Å². The van der Waals surface area contributed by atoms with Crippen molar-refractivity contribution in [1.82, 2.24) is 9.78 Å². The van der Waals surface area contributed by atoms with E-state index in [1.807, 2.05) is 31.6 Å². The second-order valence-electron chi connectivity index (χ2n) is 3.72. The van der Waals surface area contributed by atoms with Gasteiger partial charge in [0.25, 0.3) is 0 Å². The first kappa shape index (κ1) is 14.0. The fourth-order valence-corrected chi connectivity index (χ4v) is 1.49. The Kier molecular flexibility index (Phi) is 5.11. The van der Waals surface area contributed by atoms with Crippen LogP contribution in [0.1, 0.15) is 35.3 Å². The normalized spacial score (nSPS) is 9.50. The maximum Gasteiger partial charge on any atom is 0.335 e. The first-order valence-electron chi connectivity index (χ1n) is 5.96. The highest BCUT2D eigenvalue weighted by Crippen LogP contribution is 2.06. The number of benzene rings is 1. The molecule has 18 heavy (non-hydrogen) atoms. The third-order valence-corrected chi connectivity index (χ3v) is 2.31. The third kappa shape index (κ3) is 3.73. The molecule has 1 aromatic carbocycles. The zero-order chi connectivity index (χ0) is 13.5. The number of rotatable bonds is 3. The largest absolute Gasteiger partial charge is 0.478 e. The van der Waals surface area contributed by atoms with Crippen molar-refractivity contribution in [2.45, 2.75) is 27.3 Å². The molecule has 0 aliphatic carbocycles. The Morgan fingerprint density at radius 1 is 1.28 bits per heavy atom. The minimum atomic E-state index is -0.901. The zero-order valence-corrected chi connectivity index (χ0v) is 10.9. The summed E-state index contributed by atoms with van der Waals surface area (Å²) in [4.78, 5) is 10.7. The summed E-state index contributed by atoms with van der Waals surface area (Å²) in [6.45, 7) is 6.64. The molecule has 0 radical (unpaired) electrons. The summed E-state index contributed by atoms with van der Waals surface area (Å²) < 4.78 is 1.82. The highest BCUT2D eigenvalue weighted by Gasteiger charge is 2.02. The number of carbonyl (C=O) groups is 1. The van der Waals surface area contributed by atoms with Crippen LogP contribution in [-0.4, -0.2) is 20.9 Å². The Labute approximate surface area is 107 Å². The quantitative estimate of drug-likeness (QED) is 0.905. The van der Waals surface area contributed by atoms with Gasteiger partial charge in [-0.3, -0.25) is 4.68 Å². The first-order valence-corrected chi connectivity index (χ1v) is 5.96. The van der Waals surface area contributed by atoms with Gasteiger partial charge < -0.3 is 5.11 Å². The number of aryl methyl sites for hydroxylation is 1. The van der Waals surface area contributed by atoms with Gasteiger partial charge in [0.2, 0.25) is 0 Å². The maximum atomic E-state index is 10.7. The van der Waals surface area contributed by atoms with Crippen LogP contribution < -0.4 is 0 Å².